The SMILES string of the molecule is COCOc1cc(Cl)cc(C)c1-c1cc2c(C)cn(C3CC(C)(O)C3)c2nn1. The lowest BCUT2D eigenvalue weighted by Gasteiger charge is -2.41. The average molecular weight is 402 g/mol. The first-order valence-corrected chi connectivity index (χ1v) is 9.66. The van der Waals surface area contributed by atoms with Crippen molar-refractivity contribution < 1.29 is 14.6 Å². The van der Waals surface area contributed by atoms with Crippen LogP contribution in [-0.2, 0) is 4.74 Å². The van der Waals surface area contributed by atoms with Gasteiger partial charge in [0.05, 0.1) is 11.3 Å². The quantitative estimate of drug-likeness (QED) is 0.640. The van der Waals surface area contributed by atoms with E-state index in [9.17, 15) is 5.11 Å². The van der Waals surface area contributed by atoms with Crippen LogP contribution in [0.4, 0.5) is 0 Å². The van der Waals surface area contributed by atoms with E-state index in [2.05, 4.69) is 27.9 Å². The van der Waals surface area contributed by atoms with Gasteiger partial charge in [0, 0.05) is 35.3 Å². The van der Waals surface area contributed by atoms with E-state index < -0.39 is 5.60 Å². The van der Waals surface area contributed by atoms with Crippen LogP contribution in [0.1, 0.15) is 36.9 Å². The molecule has 6 nitrogen and oxygen atoms in total. The van der Waals surface area contributed by atoms with Crippen LogP contribution in [0.3, 0.4) is 0 Å². The van der Waals surface area contributed by atoms with Crippen molar-refractivity contribution >= 4 is 22.6 Å². The second-order valence-electron chi connectivity index (χ2n) is 7.89. The number of aryl methyl sites for hydroxylation is 2. The molecule has 2 aromatic heterocycles. The number of hydrogen-bond donors (Lipinski definition) is 1. The van der Waals surface area contributed by atoms with Crippen molar-refractivity contribution in [2.45, 2.75) is 45.3 Å². The van der Waals surface area contributed by atoms with Crippen LogP contribution < -0.4 is 4.74 Å². The molecule has 1 aromatic carbocycles. The van der Waals surface area contributed by atoms with E-state index in [-0.39, 0.29) is 12.8 Å². The summed E-state index contributed by atoms with van der Waals surface area (Å²) in [6.07, 6.45) is 3.55. The standard InChI is InChI=1S/C21H24ClN3O3/c1-12-5-14(22)6-18(28-11-27-4)19(12)17-7-16-13(2)10-25(20(16)24-23-17)15-8-21(3,26)9-15/h5-7,10,15,26H,8-9,11H2,1-4H3. The minimum Gasteiger partial charge on any atom is -0.467 e. The third-order valence-electron chi connectivity index (χ3n) is 5.37. The largest absolute Gasteiger partial charge is 0.467 e. The molecule has 7 heteroatoms. The van der Waals surface area contributed by atoms with Gasteiger partial charge >= 0.3 is 0 Å². The molecule has 1 saturated carbocycles. The van der Waals surface area contributed by atoms with Crippen LogP contribution in [0.5, 0.6) is 5.75 Å². The summed E-state index contributed by atoms with van der Waals surface area (Å²) in [5.74, 6) is 0.618. The van der Waals surface area contributed by atoms with E-state index in [0.717, 1.165) is 46.3 Å². The molecule has 1 aliphatic rings. The highest BCUT2D eigenvalue weighted by atomic mass is 35.5. The highest BCUT2D eigenvalue weighted by molar-refractivity contribution is 6.31. The van der Waals surface area contributed by atoms with Gasteiger partial charge in [0.25, 0.3) is 0 Å². The molecule has 3 aromatic rings. The molecule has 4 rings (SSSR count). The van der Waals surface area contributed by atoms with Crippen LogP contribution in [0, 0.1) is 13.8 Å². The van der Waals surface area contributed by atoms with Gasteiger partial charge in [-0.2, -0.15) is 0 Å². The molecule has 1 fully saturated rings. The van der Waals surface area contributed by atoms with Crippen LogP contribution in [0.25, 0.3) is 22.3 Å². The number of nitrogens with zero attached hydrogens (tertiary/aromatic N) is 3. The van der Waals surface area contributed by atoms with Gasteiger partial charge in [-0.3, -0.25) is 0 Å². The smallest absolute Gasteiger partial charge is 0.188 e. The molecular weight excluding hydrogens is 378 g/mol. The molecule has 1 N–H and O–H groups in total. The van der Waals surface area contributed by atoms with Gasteiger partial charge in [0.1, 0.15) is 5.75 Å². The summed E-state index contributed by atoms with van der Waals surface area (Å²) >= 11 is 6.21. The molecule has 0 radical (unpaired) electrons. The zero-order valence-corrected chi connectivity index (χ0v) is 17.2. The van der Waals surface area contributed by atoms with Gasteiger partial charge in [0.2, 0.25) is 0 Å². The number of hydrogen-bond acceptors (Lipinski definition) is 5. The third kappa shape index (κ3) is 3.36. The Morgan fingerprint density at radius 3 is 2.64 bits per heavy atom. The number of halogens is 1. The Kier molecular flexibility index (Phi) is 4.81. The molecule has 148 valence electrons. The van der Waals surface area contributed by atoms with Gasteiger partial charge < -0.3 is 19.1 Å². The Labute approximate surface area is 169 Å². The van der Waals surface area contributed by atoms with E-state index in [0.29, 0.717) is 10.8 Å². The molecule has 0 saturated heterocycles. The summed E-state index contributed by atoms with van der Waals surface area (Å²) in [5, 5.41) is 20.7. The minimum absolute atomic E-state index is 0.124. The lowest BCUT2D eigenvalue weighted by Crippen LogP contribution is -2.41. The first-order valence-electron chi connectivity index (χ1n) is 9.28. The van der Waals surface area contributed by atoms with Crippen LogP contribution in [-0.4, -0.2) is 39.4 Å². The Morgan fingerprint density at radius 2 is 1.96 bits per heavy atom. The fourth-order valence-corrected chi connectivity index (χ4v) is 4.30. The van der Waals surface area contributed by atoms with E-state index >= 15 is 0 Å². The number of ether oxygens (including phenoxy) is 2. The number of aliphatic hydroxyl groups is 1. The van der Waals surface area contributed by atoms with Crippen LogP contribution >= 0.6 is 11.6 Å². The maximum absolute atomic E-state index is 10.1. The number of fused-ring (bicyclic) bond motifs is 1. The molecule has 0 unspecified atom stereocenters. The number of benzene rings is 1. The molecule has 0 amide bonds. The molecule has 0 spiro atoms. The molecule has 1 aliphatic carbocycles. The first kappa shape index (κ1) is 19.2. The van der Waals surface area contributed by atoms with Gasteiger partial charge in [-0.15, -0.1) is 10.2 Å². The van der Waals surface area contributed by atoms with Crippen molar-refractivity contribution in [2.24, 2.45) is 0 Å². The first-order chi connectivity index (χ1) is 13.3. The molecular formula is C21H24ClN3O3. The fourth-order valence-electron chi connectivity index (χ4n) is 4.03. The molecule has 0 atom stereocenters. The lowest BCUT2D eigenvalue weighted by atomic mass is 9.77. The predicted octanol–water partition coefficient (Wildman–Crippen LogP) is 4.44. The normalized spacial score (nSPS) is 21.7. The van der Waals surface area contributed by atoms with E-state index in [1.54, 1.807) is 13.2 Å². The number of aromatic nitrogens is 3. The van der Waals surface area contributed by atoms with Crippen molar-refractivity contribution in [1.29, 1.82) is 0 Å². The topological polar surface area (TPSA) is 69.4 Å². The fraction of sp³-hybridized carbons (Fsp3) is 0.429. The summed E-state index contributed by atoms with van der Waals surface area (Å²) in [4.78, 5) is 0. The Bertz CT molecular complexity index is 1040. The Balaban J connectivity index is 1.78. The van der Waals surface area contributed by atoms with Crippen molar-refractivity contribution in [1.82, 2.24) is 14.8 Å². The summed E-state index contributed by atoms with van der Waals surface area (Å²) < 4.78 is 12.9. The molecule has 0 aliphatic heterocycles. The molecule has 0 bridgehead atoms. The highest BCUT2D eigenvalue weighted by Crippen LogP contribution is 2.43. The van der Waals surface area contributed by atoms with Crippen molar-refractivity contribution in [2.75, 3.05) is 13.9 Å². The van der Waals surface area contributed by atoms with E-state index in [4.69, 9.17) is 21.1 Å². The van der Waals surface area contributed by atoms with E-state index in [1.807, 2.05) is 26.0 Å². The average Bonchev–Trinajstić information content (AvgIpc) is 2.93. The Hall–Kier alpha value is -2.15. The molecule has 2 heterocycles. The number of methoxy groups -OCH3 is 1. The van der Waals surface area contributed by atoms with Gasteiger partial charge in [-0.1, -0.05) is 11.6 Å². The maximum atomic E-state index is 10.1. The van der Waals surface area contributed by atoms with E-state index in [1.165, 1.54) is 0 Å². The van der Waals surface area contributed by atoms with Crippen LogP contribution in [0.2, 0.25) is 5.02 Å². The highest BCUT2D eigenvalue weighted by Gasteiger charge is 2.40. The summed E-state index contributed by atoms with van der Waals surface area (Å²) in [6.45, 7) is 6.04. The third-order valence-corrected chi connectivity index (χ3v) is 5.59. The second-order valence-corrected chi connectivity index (χ2v) is 8.33. The Morgan fingerprint density at radius 1 is 1.21 bits per heavy atom. The van der Waals surface area contributed by atoms with Crippen molar-refractivity contribution in [3.8, 4) is 17.0 Å². The minimum atomic E-state index is -0.587. The summed E-state index contributed by atoms with van der Waals surface area (Å²) in [6, 6.07) is 5.95. The zero-order chi connectivity index (χ0) is 20.1. The number of rotatable bonds is 5. The lowest BCUT2D eigenvalue weighted by molar-refractivity contribution is -0.0498. The van der Waals surface area contributed by atoms with Gasteiger partial charge in [0.15, 0.2) is 12.4 Å². The molecule has 28 heavy (non-hydrogen) atoms. The van der Waals surface area contributed by atoms with Gasteiger partial charge in [-0.25, -0.2) is 0 Å². The van der Waals surface area contributed by atoms with Crippen LogP contribution in [0.15, 0.2) is 24.4 Å². The second kappa shape index (κ2) is 7.03. The zero-order valence-electron chi connectivity index (χ0n) is 16.5. The van der Waals surface area contributed by atoms with Crippen molar-refractivity contribution in [3.63, 3.8) is 0 Å². The predicted molar refractivity (Wildman–Crippen MR) is 109 cm³/mol. The van der Waals surface area contributed by atoms with Crippen molar-refractivity contribution in [3.05, 3.63) is 40.5 Å². The summed E-state index contributed by atoms with van der Waals surface area (Å²) in [7, 11) is 1.58. The summed E-state index contributed by atoms with van der Waals surface area (Å²) in [5.41, 5.74) is 3.93. The maximum Gasteiger partial charge on any atom is 0.188 e. The van der Waals surface area contributed by atoms with Gasteiger partial charge in [-0.05, 0) is 62.9 Å². The monoisotopic (exact) mass is 401 g/mol.